The molecule has 0 spiro atoms. The lowest BCUT2D eigenvalue weighted by Crippen LogP contribution is -2.55. The standard InChI is InChI=1S/C36H48ClFO3/c1-5-9-19-35(20-10-6-2)33(39)32(34(40)36(41-35,21-11-7-3)22-12-8-4)30-23-26(15-17-28(30)25-13-14-25)29-18-16-27(37)24-31(29)38/h15-18,23-25,39H,5-14,19-22H2,1-4H3. The maximum atomic E-state index is 15.1. The van der Waals surface area contributed by atoms with Gasteiger partial charge < -0.3 is 9.84 Å². The number of unbranched alkanes of at least 4 members (excludes halogenated alkanes) is 4. The van der Waals surface area contributed by atoms with E-state index < -0.39 is 17.0 Å². The molecule has 1 aliphatic carbocycles. The number of halogens is 2. The van der Waals surface area contributed by atoms with Crippen molar-refractivity contribution in [1.82, 2.24) is 0 Å². The fourth-order valence-electron chi connectivity index (χ4n) is 6.46. The molecule has 1 N–H and O–H groups in total. The van der Waals surface area contributed by atoms with Crippen molar-refractivity contribution < 1.29 is 19.0 Å². The van der Waals surface area contributed by atoms with Crippen LogP contribution in [0.5, 0.6) is 0 Å². The molecular formula is C36H48ClFO3. The highest BCUT2D eigenvalue weighted by atomic mass is 35.5. The molecule has 1 fully saturated rings. The third kappa shape index (κ3) is 6.75. The number of aliphatic hydroxyl groups excluding tert-OH is 1. The van der Waals surface area contributed by atoms with Crippen molar-refractivity contribution in [1.29, 1.82) is 0 Å². The molecule has 41 heavy (non-hydrogen) atoms. The van der Waals surface area contributed by atoms with Gasteiger partial charge in [-0.1, -0.05) is 103 Å². The Labute approximate surface area is 251 Å². The average Bonchev–Trinajstić information content (AvgIpc) is 3.81. The second-order valence-electron chi connectivity index (χ2n) is 12.3. The van der Waals surface area contributed by atoms with Crippen molar-refractivity contribution in [2.24, 2.45) is 0 Å². The van der Waals surface area contributed by atoms with Gasteiger partial charge in [-0.3, -0.25) is 4.79 Å². The lowest BCUT2D eigenvalue weighted by atomic mass is 9.72. The molecule has 0 unspecified atom stereocenters. The number of hydrogen-bond acceptors (Lipinski definition) is 3. The number of aliphatic hydroxyl groups is 1. The summed E-state index contributed by atoms with van der Waals surface area (Å²) < 4.78 is 22.2. The fraction of sp³-hybridized carbons (Fsp3) is 0.583. The van der Waals surface area contributed by atoms with Crippen LogP contribution in [0.3, 0.4) is 0 Å². The van der Waals surface area contributed by atoms with Gasteiger partial charge in [0.1, 0.15) is 22.8 Å². The first-order chi connectivity index (χ1) is 19.8. The highest BCUT2D eigenvalue weighted by Crippen LogP contribution is 2.52. The Morgan fingerprint density at radius 1 is 0.829 bits per heavy atom. The lowest BCUT2D eigenvalue weighted by molar-refractivity contribution is -0.184. The number of benzene rings is 2. The molecule has 0 radical (unpaired) electrons. The van der Waals surface area contributed by atoms with Gasteiger partial charge in [-0.15, -0.1) is 0 Å². The van der Waals surface area contributed by atoms with E-state index in [0.29, 0.717) is 53.3 Å². The van der Waals surface area contributed by atoms with E-state index in [1.54, 1.807) is 12.1 Å². The van der Waals surface area contributed by atoms with Crippen molar-refractivity contribution in [2.75, 3.05) is 0 Å². The molecule has 5 heteroatoms. The van der Waals surface area contributed by atoms with E-state index in [2.05, 4.69) is 27.7 Å². The lowest BCUT2D eigenvalue weighted by Gasteiger charge is -2.48. The van der Waals surface area contributed by atoms with Gasteiger partial charge in [0, 0.05) is 10.6 Å². The van der Waals surface area contributed by atoms with Crippen molar-refractivity contribution in [2.45, 2.75) is 135 Å². The van der Waals surface area contributed by atoms with Gasteiger partial charge in [0.15, 0.2) is 5.78 Å². The Hall–Kier alpha value is -2.17. The monoisotopic (exact) mass is 582 g/mol. The zero-order valence-corrected chi connectivity index (χ0v) is 26.2. The third-order valence-electron chi connectivity index (χ3n) is 9.02. The van der Waals surface area contributed by atoms with Crippen LogP contribution >= 0.6 is 11.6 Å². The number of hydrogen-bond donors (Lipinski definition) is 1. The minimum Gasteiger partial charge on any atom is -0.508 e. The molecule has 0 amide bonds. The molecule has 2 aromatic carbocycles. The van der Waals surface area contributed by atoms with Gasteiger partial charge in [0.2, 0.25) is 0 Å². The largest absolute Gasteiger partial charge is 0.508 e. The topological polar surface area (TPSA) is 46.5 Å². The van der Waals surface area contributed by atoms with Crippen molar-refractivity contribution in [3.05, 3.63) is 64.1 Å². The van der Waals surface area contributed by atoms with Crippen LogP contribution in [0.25, 0.3) is 16.7 Å². The first-order valence-electron chi connectivity index (χ1n) is 16.0. The summed E-state index contributed by atoms with van der Waals surface area (Å²) in [7, 11) is 0. The van der Waals surface area contributed by atoms with E-state index in [-0.39, 0.29) is 11.5 Å². The van der Waals surface area contributed by atoms with Crippen LogP contribution in [0.15, 0.2) is 42.2 Å². The molecule has 0 aromatic heterocycles. The fourth-order valence-corrected chi connectivity index (χ4v) is 6.62. The van der Waals surface area contributed by atoms with E-state index in [9.17, 15) is 9.90 Å². The summed E-state index contributed by atoms with van der Waals surface area (Å²) in [5.41, 5.74) is 1.47. The molecule has 1 heterocycles. The molecule has 0 bridgehead atoms. The smallest absolute Gasteiger partial charge is 0.198 e. The summed E-state index contributed by atoms with van der Waals surface area (Å²) in [6.07, 6.45) is 12.2. The summed E-state index contributed by atoms with van der Waals surface area (Å²) in [6, 6.07) is 10.6. The van der Waals surface area contributed by atoms with Crippen LogP contribution in [0.1, 0.15) is 135 Å². The molecule has 2 aromatic rings. The van der Waals surface area contributed by atoms with E-state index in [4.69, 9.17) is 16.3 Å². The van der Waals surface area contributed by atoms with Crippen LogP contribution in [0.4, 0.5) is 4.39 Å². The van der Waals surface area contributed by atoms with Gasteiger partial charge in [0.25, 0.3) is 0 Å². The summed E-state index contributed by atoms with van der Waals surface area (Å²) >= 11 is 6.06. The summed E-state index contributed by atoms with van der Waals surface area (Å²) in [5, 5.41) is 12.6. The molecule has 2 aliphatic rings. The summed E-state index contributed by atoms with van der Waals surface area (Å²) in [4.78, 5) is 14.8. The maximum Gasteiger partial charge on any atom is 0.198 e. The van der Waals surface area contributed by atoms with Crippen molar-refractivity contribution >= 4 is 23.0 Å². The van der Waals surface area contributed by atoms with Crippen molar-refractivity contribution in [3.8, 4) is 11.1 Å². The number of carbonyl (C=O) groups is 1. The average molecular weight is 583 g/mol. The Kier molecular flexibility index (Phi) is 10.7. The first kappa shape index (κ1) is 31.8. The molecule has 0 saturated heterocycles. The SMILES string of the molecule is CCCCC1(CCCC)OC(CCCC)(CCCC)C(O)=C(c2cc(-c3ccc(Cl)cc3F)ccc2C2CC2)C1=O. The van der Waals surface area contributed by atoms with E-state index >= 15 is 4.39 Å². The Morgan fingerprint density at radius 3 is 1.90 bits per heavy atom. The molecular weight excluding hydrogens is 535 g/mol. The number of Topliss-reactive ketones (excluding diaryl/α,β-unsaturated/α-hetero) is 1. The Morgan fingerprint density at radius 2 is 1.39 bits per heavy atom. The molecule has 0 atom stereocenters. The van der Waals surface area contributed by atoms with E-state index in [1.807, 2.05) is 18.2 Å². The van der Waals surface area contributed by atoms with Crippen LogP contribution in [0, 0.1) is 5.82 Å². The van der Waals surface area contributed by atoms with Gasteiger partial charge in [0.05, 0.1) is 5.57 Å². The number of carbonyl (C=O) groups excluding carboxylic acids is 1. The molecule has 1 aliphatic heterocycles. The highest BCUT2D eigenvalue weighted by molar-refractivity contribution is 6.30. The van der Waals surface area contributed by atoms with Gasteiger partial charge in [-0.05, 0) is 85.4 Å². The molecule has 224 valence electrons. The Balaban J connectivity index is 1.99. The van der Waals surface area contributed by atoms with Crippen LogP contribution in [-0.4, -0.2) is 22.1 Å². The van der Waals surface area contributed by atoms with E-state index in [1.165, 1.54) is 6.07 Å². The van der Waals surface area contributed by atoms with Crippen molar-refractivity contribution in [3.63, 3.8) is 0 Å². The summed E-state index contributed by atoms with van der Waals surface area (Å²) in [6.45, 7) is 8.59. The minimum atomic E-state index is -0.975. The quantitative estimate of drug-likeness (QED) is 0.227. The molecule has 1 saturated carbocycles. The van der Waals surface area contributed by atoms with Gasteiger partial charge in [-0.2, -0.15) is 0 Å². The van der Waals surface area contributed by atoms with Crippen LogP contribution in [0.2, 0.25) is 5.02 Å². The highest BCUT2D eigenvalue weighted by Gasteiger charge is 2.55. The predicted octanol–water partition coefficient (Wildman–Crippen LogP) is 11.1. The summed E-state index contributed by atoms with van der Waals surface area (Å²) in [5.74, 6) is -0.0779. The second kappa shape index (κ2) is 13.9. The Bertz CT molecular complexity index is 1230. The van der Waals surface area contributed by atoms with Gasteiger partial charge >= 0.3 is 0 Å². The second-order valence-corrected chi connectivity index (χ2v) is 12.7. The first-order valence-corrected chi connectivity index (χ1v) is 16.4. The number of ether oxygens (including phenoxy) is 1. The normalized spacial score (nSPS) is 18.2. The van der Waals surface area contributed by atoms with E-state index in [0.717, 1.165) is 75.3 Å². The minimum absolute atomic E-state index is 0.0867. The van der Waals surface area contributed by atoms with Crippen LogP contribution in [-0.2, 0) is 9.53 Å². The zero-order valence-electron chi connectivity index (χ0n) is 25.5. The van der Waals surface area contributed by atoms with Crippen LogP contribution < -0.4 is 0 Å². The van der Waals surface area contributed by atoms with Gasteiger partial charge in [-0.25, -0.2) is 4.39 Å². The predicted molar refractivity (Wildman–Crippen MR) is 168 cm³/mol. The maximum absolute atomic E-state index is 15.1. The third-order valence-corrected chi connectivity index (χ3v) is 9.25. The zero-order chi connectivity index (χ0) is 29.6. The molecule has 3 nitrogen and oxygen atoms in total. The number of ketones is 1. The molecule has 4 rings (SSSR count). The number of rotatable bonds is 15.